The van der Waals surface area contributed by atoms with Crippen molar-refractivity contribution in [2.75, 3.05) is 6.61 Å². The van der Waals surface area contributed by atoms with E-state index in [0.29, 0.717) is 12.8 Å². The van der Waals surface area contributed by atoms with Crippen LogP contribution in [0.4, 0.5) is 8.78 Å². The van der Waals surface area contributed by atoms with E-state index in [4.69, 9.17) is 9.47 Å². The molecule has 4 rings (SSSR count). The van der Waals surface area contributed by atoms with E-state index in [-0.39, 0.29) is 37.2 Å². The third-order valence-corrected chi connectivity index (χ3v) is 10.4. The number of halogens is 2. The lowest BCUT2D eigenvalue weighted by atomic mass is 9.45. The summed E-state index contributed by atoms with van der Waals surface area (Å²) in [5.41, 5.74) is -4.21. The fraction of sp³-hybridized carbons (Fsp3) is 0.742. The number of aliphatic hydroxyl groups is 1. The molecular weight excluding hydrogens is 522 g/mol. The first-order valence-corrected chi connectivity index (χ1v) is 14.6. The summed E-state index contributed by atoms with van der Waals surface area (Å²) in [6.45, 7) is 8.33. The van der Waals surface area contributed by atoms with Crippen LogP contribution in [0.3, 0.4) is 0 Å². The van der Waals surface area contributed by atoms with Gasteiger partial charge in [-0.25, -0.2) is 8.78 Å². The molecule has 0 spiro atoms. The molecule has 40 heavy (non-hydrogen) atoms. The van der Waals surface area contributed by atoms with Crippen LogP contribution in [0.15, 0.2) is 23.6 Å². The topological polar surface area (TPSA) is 107 Å². The van der Waals surface area contributed by atoms with Crippen molar-refractivity contribution in [3.05, 3.63) is 23.6 Å². The Morgan fingerprint density at radius 1 is 1.12 bits per heavy atom. The summed E-state index contributed by atoms with van der Waals surface area (Å²) in [4.78, 5) is 51.2. The third kappa shape index (κ3) is 4.56. The molecule has 0 amide bonds. The summed E-state index contributed by atoms with van der Waals surface area (Å²) < 4.78 is 42.1. The quantitative estimate of drug-likeness (QED) is 0.305. The minimum Gasteiger partial charge on any atom is -0.457 e. The van der Waals surface area contributed by atoms with Crippen molar-refractivity contribution in [2.24, 2.45) is 34.5 Å². The van der Waals surface area contributed by atoms with Crippen molar-refractivity contribution in [3.63, 3.8) is 0 Å². The molecule has 0 radical (unpaired) electrons. The number of unbranched alkanes of at least 4 members (excludes halogenated alkanes) is 2. The Hall–Kier alpha value is -2.42. The van der Waals surface area contributed by atoms with Crippen LogP contribution in [0.25, 0.3) is 0 Å². The Morgan fingerprint density at radius 3 is 2.48 bits per heavy atom. The van der Waals surface area contributed by atoms with Gasteiger partial charge in [0.25, 0.3) is 0 Å². The van der Waals surface area contributed by atoms with E-state index in [2.05, 4.69) is 0 Å². The van der Waals surface area contributed by atoms with Crippen LogP contribution in [0.2, 0.25) is 0 Å². The van der Waals surface area contributed by atoms with Crippen molar-refractivity contribution in [1.82, 2.24) is 0 Å². The first-order chi connectivity index (χ1) is 18.8. The second-order valence-corrected chi connectivity index (χ2v) is 12.6. The van der Waals surface area contributed by atoms with E-state index in [1.54, 1.807) is 20.8 Å². The maximum atomic E-state index is 15.8. The average molecular weight is 565 g/mol. The molecule has 0 aromatic heterocycles. The number of ether oxygens (including phenoxy) is 2. The van der Waals surface area contributed by atoms with Crippen LogP contribution in [0, 0.1) is 34.5 Å². The maximum absolute atomic E-state index is 15.8. The summed E-state index contributed by atoms with van der Waals surface area (Å²) in [5, 5.41) is 11.7. The lowest BCUT2D eigenvalue weighted by molar-refractivity contribution is -0.207. The summed E-state index contributed by atoms with van der Waals surface area (Å²) in [7, 11) is 0. The zero-order chi connectivity index (χ0) is 29.6. The molecule has 1 N–H and O–H groups in total. The molecule has 3 saturated carbocycles. The number of carbonyl (C=O) groups is 4. The molecule has 3 fully saturated rings. The van der Waals surface area contributed by atoms with Crippen molar-refractivity contribution < 1.29 is 42.5 Å². The standard InChI is InChI=1S/C31H42F2O7/c1-6-8-9-10-25(38)40-31(23(36)16-39-24(37)7-2)17(3)13-19-18-14-20(32)27-28(33)21(34)11-12-29(27,4)26(18)22(35)15-30(19,31)5/h11-12,17-20,22,26,35H,6-10,13-16H2,1-5H3/t17-,18-,19-,20-,22-,26+,29+,30-,31-/m0/s1. The molecule has 4 aliphatic carbocycles. The van der Waals surface area contributed by atoms with E-state index in [1.807, 2.05) is 13.8 Å². The second kappa shape index (κ2) is 11.1. The highest BCUT2D eigenvalue weighted by Crippen LogP contribution is 2.69. The summed E-state index contributed by atoms with van der Waals surface area (Å²) in [5.74, 6) is -5.54. The van der Waals surface area contributed by atoms with Gasteiger partial charge in [0, 0.05) is 41.1 Å². The maximum Gasteiger partial charge on any atom is 0.306 e. The number of carbonyl (C=O) groups excluding carboxylic acids is 4. The SMILES string of the molecule is CCCCCC(=O)O[C@]1(C(=O)COC(=O)CC)[C@@H](C)C[C@H]2[C@@H]3C[C@H](F)C4=C(F)C(=O)C=C[C@]4(C)[C@H]3[C@@H](O)C[C@@]21C. The molecule has 0 aromatic rings. The smallest absolute Gasteiger partial charge is 0.306 e. The summed E-state index contributed by atoms with van der Waals surface area (Å²) >= 11 is 0. The first-order valence-electron chi connectivity index (χ1n) is 14.6. The molecule has 9 atom stereocenters. The van der Waals surface area contributed by atoms with Gasteiger partial charge in [-0.1, -0.05) is 53.5 Å². The van der Waals surface area contributed by atoms with Gasteiger partial charge in [-0.3, -0.25) is 19.2 Å². The van der Waals surface area contributed by atoms with Crippen LogP contribution >= 0.6 is 0 Å². The molecular formula is C31H42F2O7. The number of hydrogen-bond donors (Lipinski definition) is 1. The van der Waals surface area contributed by atoms with Gasteiger partial charge < -0.3 is 14.6 Å². The van der Waals surface area contributed by atoms with Crippen LogP contribution < -0.4 is 0 Å². The lowest BCUT2D eigenvalue weighted by Gasteiger charge is -2.60. The van der Waals surface area contributed by atoms with Crippen molar-refractivity contribution in [2.45, 2.75) is 104 Å². The number of hydrogen-bond acceptors (Lipinski definition) is 7. The summed E-state index contributed by atoms with van der Waals surface area (Å²) in [6.07, 6.45) is 2.64. The van der Waals surface area contributed by atoms with Crippen LogP contribution in [-0.2, 0) is 28.7 Å². The number of fused-ring (bicyclic) bond motifs is 5. The van der Waals surface area contributed by atoms with E-state index in [1.165, 1.54) is 6.08 Å². The Bertz CT molecular complexity index is 1130. The predicted molar refractivity (Wildman–Crippen MR) is 142 cm³/mol. The summed E-state index contributed by atoms with van der Waals surface area (Å²) in [6, 6.07) is 0. The Kier molecular flexibility index (Phi) is 8.48. The minimum absolute atomic E-state index is 0.0438. The van der Waals surface area contributed by atoms with Gasteiger partial charge in [0.1, 0.15) is 6.17 Å². The first kappa shape index (κ1) is 30.5. The second-order valence-electron chi connectivity index (χ2n) is 12.6. The number of rotatable bonds is 9. The highest BCUT2D eigenvalue weighted by atomic mass is 19.1. The van der Waals surface area contributed by atoms with E-state index in [0.717, 1.165) is 18.9 Å². The fourth-order valence-corrected chi connectivity index (χ4v) is 8.72. The fourth-order valence-electron chi connectivity index (χ4n) is 8.72. The highest BCUT2D eigenvalue weighted by molar-refractivity contribution is 6.04. The molecule has 4 aliphatic rings. The number of Topliss-reactive ketones (excluding diaryl/α,β-unsaturated/α-hetero) is 1. The van der Waals surface area contributed by atoms with Gasteiger partial charge >= 0.3 is 11.9 Å². The number of aliphatic hydroxyl groups excluding tert-OH is 1. The van der Waals surface area contributed by atoms with E-state index >= 15 is 4.39 Å². The molecule has 0 aromatic carbocycles. The van der Waals surface area contributed by atoms with Crippen molar-refractivity contribution in [3.8, 4) is 0 Å². The Balaban J connectivity index is 1.76. The number of alkyl halides is 1. The number of allylic oxidation sites excluding steroid dienone is 4. The van der Waals surface area contributed by atoms with Crippen LogP contribution in [0.5, 0.6) is 0 Å². The molecule has 0 saturated heterocycles. The lowest BCUT2D eigenvalue weighted by Crippen LogP contribution is -2.65. The van der Waals surface area contributed by atoms with Crippen LogP contribution in [-0.4, -0.2) is 53.1 Å². The molecule has 0 bridgehead atoms. The molecule has 0 unspecified atom stereocenters. The molecule has 0 heterocycles. The normalized spacial score (nSPS) is 40.2. The third-order valence-electron chi connectivity index (χ3n) is 10.4. The monoisotopic (exact) mass is 564 g/mol. The van der Waals surface area contributed by atoms with Crippen molar-refractivity contribution in [1.29, 1.82) is 0 Å². The highest BCUT2D eigenvalue weighted by Gasteiger charge is 2.73. The Labute approximate surface area is 234 Å². The van der Waals surface area contributed by atoms with Gasteiger partial charge in [0.2, 0.25) is 11.6 Å². The predicted octanol–water partition coefficient (Wildman–Crippen LogP) is 5.14. The molecule has 222 valence electrons. The van der Waals surface area contributed by atoms with Gasteiger partial charge in [0.15, 0.2) is 18.0 Å². The van der Waals surface area contributed by atoms with Gasteiger partial charge in [-0.05, 0) is 43.6 Å². The van der Waals surface area contributed by atoms with Gasteiger partial charge in [0.05, 0.1) is 6.10 Å². The minimum atomic E-state index is -1.74. The average Bonchev–Trinajstić information content (AvgIpc) is 3.11. The van der Waals surface area contributed by atoms with E-state index in [9.17, 15) is 28.7 Å². The van der Waals surface area contributed by atoms with Crippen molar-refractivity contribution >= 4 is 23.5 Å². The Morgan fingerprint density at radius 2 is 1.82 bits per heavy atom. The van der Waals surface area contributed by atoms with Gasteiger partial charge in [-0.15, -0.1) is 0 Å². The van der Waals surface area contributed by atoms with Gasteiger partial charge in [-0.2, -0.15) is 0 Å². The zero-order valence-electron chi connectivity index (χ0n) is 24.1. The number of esters is 2. The number of ketones is 2. The molecule has 7 nitrogen and oxygen atoms in total. The van der Waals surface area contributed by atoms with Crippen LogP contribution in [0.1, 0.15) is 86.0 Å². The van der Waals surface area contributed by atoms with E-state index < -0.39 is 82.4 Å². The largest absolute Gasteiger partial charge is 0.457 e. The molecule has 0 aliphatic heterocycles. The molecule has 9 heteroatoms. The zero-order valence-corrected chi connectivity index (χ0v) is 24.1.